The van der Waals surface area contributed by atoms with Gasteiger partial charge in [-0.2, -0.15) is 8.42 Å². The third-order valence-electron chi connectivity index (χ3n) is 4.82. The fourth-order valence-corrected chi connectivity index (χ4v) is 4.02. The van der Waals surface area contributed by atoms with Crippen LogP contribution in [0.3, 0.4) is 0 Å². The topological polar surface area (TPSA) is 151 Å². The summed E-state index contributed by atoms with van der Waals surface area (Å²) in [7, 11) is -4.65. The van der Waals surface area contributed by atoms with Crippen LogP contribution in [0.25, 0.3) is 0 Å². The molecule has 0 fully saturated rings. The summed E-state index contributed by atoms with van der Waals surface area (Å²) in [6.07, 6.45) is 11.5. The molecule has 0 saturated carbocycles. The van der Waals surface area contributed by atoms with Crippen molar-refractivity contribution in [2.45, 2.75) is 82.8 Å². The van der Waals surface area contributed by atoms with Crippen molar-refractivity contribution >= 4 is 22.1 Å². The molecule has 0 rings (SSSR count). The van der Waals surface area contributed by atoms with Crippen molar-refractivity contribution in [3.8, 4) is 0 Å². The molecule has 0 aliphatic rings. The summed E-state index contributed by atoms with van der Waals surface area (Å²) in [5.41, 5.74) is 0. The van der Waals surface area contributed by atoms with E-state index in [1.807, 2.05) is 0 Å². The second-order valence-electron chi connectivity index (χ2n) is 7.72. The number of carbonyl (C=O) groups is 2. The number of carboxylic acids is 2. The Hall–Kier alpha value is 0.730. The number of carbonyl (C=O) groups excluding carboxylic acids is 2. The summed E-state index contributed by atoms with van der Waals surface area (Å²) < 4.78 is 43.8. The van der Waals surface area contributed by atoms with Crippen molar-refractivity contribution in [3.63, 3.8) is 0 Å². The minimum Gasteiger partial charge on any atom is -0.550 e. The maximum absolute atomic E-state index is 11.7. The van der Waals surface area contributed by atoms with Crippen LogP contribution in [0.4, 0.5) is 0 Å². The molecule has 10 nitrogen and oxygen atoms in total. The van der Waals surface area contributed by atoms with Gasteiger partial charge in [-0.1, -0.05) is 64.7 Å². The van der Waals surface area contributed by atoms with E-state index < -0.39 is 40.3 Å². The average molecular weight is 543 g/mol. The summed E-state index contributed by atoms with van der Waals surface area (Å²) in [5.74, 6) is -3.90. The van der Waals surface area contributed by atoms with Gasteiger partial charge in [-0.15, -0.1) is 0 Å². The Labute approximate surface area is 254 Å². The Balaban J connectivity index is -0.00000512. The normalized spacial score (nSPS) is 11.9. The summed E-state index contributed by atoms with van der Waals surface area (Å²) in [4.78, 5) is 21.2. The Bertz CT molecular complexity index is 605. The second kappa shape index (κ2) is 27.8. The third-order valence-corrected chi connectivity index (χ3v) is 6.38. The molecular weight excluding hydrogens is 502 g/mol. The molecule has 0 aromatic heterocycles. The van der Waals surface area contributed by atoms with Crippen molar-refractivity contribution in [2.24, 2.45) is 0 Å². The van der Waals surface area contributed by atoms with Crippen LogP contribution in [0.15, 0.2) is 0 Å². The van der Waals surface area contributed by atoms with Gasteiger partial charge in [-0.25, -0.2) is 0 Å². The van der Waals surface area contributed by atoms with Crippen LogP contribution in [-0.4, -0.2) is 71.9 Å². The molecule has 0 radical (unpaired) electrons. The molecule has 0 aliphatic carbocycles. The molecule has 0 N–H and O–H groups in total. The molecule has 0 aromatic rings. The minimum atomic E-state index is -4.65. The van der Waals surface area contributed by atoms with Gasteiger partial charge in [-0.3, -0.25) is 4.18 Å². The molecule has 1 unspecified atom stereocenters. The number of hydrogen-bond acceptors (Lipinski definition) is 10. The number of carboxylic acid groups (broad SMARTS) is 2. The van der Waals surface area contributed by atoms with Crippen molar-refractivity contribution < 1.29 is 106 Å². The van der Waals surface area contributed by atoms with Crippen molar-refractivity contribution in [3.05, 3.63) is 0 Å². The molecule has 196 valence electrons. The van der Waals surface area contributed by atoms with E-state index in [1.54, 1.807) is 0 Å². The van der Waals surface area contributed by atoms with Gasteiger partial charge in [0.05, 0.1) is 45.6 Å². The maximum atomic E-state index is 11.7. The van der Waals surface area contributed by atoms with Gasteiger partial charge >= 0.3 is 59.1 Å². The van der Waals surface area contributed by atoms with Gasteiger partial charge in [0.15, 0.2) is 0 Å². The quantitative estimate of drug-likeness (QED) is 0.0621. The Kier molecular flexibility index (Phi) is 31.9. The summed E-state index contributed by atoms with van der Waals surface area (Å²) in [5, 5.41) is 18.9. The maximum Gasteiger partial charge on any atom is 1.00 e. The van der Waals surface area contributed by atoms with Crippen LogP contribution >= 0.6 is 0 Å². The van der Waals surface area contributed by atoms with E-state index in [9.17, 15) is 28.2 Å². The van der Waals surface area contributed by atoms with E-state index >= 15 is 0 Å². The number of rotatable bonds is 25. The fraction of sp³-hybridized carbons (Fsp3) is 0.909. The van der Waals surface area contributed by atoms with Gasteiger partial charge in [0, 0.05) is 19.0 Å². The summed E-state index contributed by atoms with van der Waals surface area (Å²) >= 11 is 0. The largest absolute Gasteiger partial charge is 1.00 e. The van der Waals surface area contributed by atoms with Crippen LogP contribution < -0.4 is 69.3 Å². The summed E-state index contributed by atoms with van der Waals surface area (Å²) in [6, 6.07) is 0. The number of ether oxygens (including phenoxy) is 3. The third kappa shape index (κ3) is 26.1. The van der Waals surface area contributed by atoms with Gasteiger partial charge in [0.2, 0.25) is 0 Å². The van der Waals surface area contributed by atoms with Gasteiger partial charge < -0.3 is 34.0 Å². The molecule has 0 bridgehead atoms. The summed E-state index contributed by atoms with van der Waals surface area (Å²) in [6.45, 7) is 3.72. The number of aliphatic carboxylic acids is 2. The smallest absolute Gasteiger partial charge is 0.550 e. The number of hydrogen-bond donors (Lipinski definition) is 0. The number of unbranched alkanes of at least 4 members (excludes halogenated alkanes) is 9. The Morgan fingerprint density at radius 1 is 0.657 bits per heavy atom. The molecular formula is C22H40Na2O10S. The molecule has 0 amide bonds. The first-order valence-electron chi connectivity index (χ1n) is 11.8. The van der Waals surface area contributed by atoms with Crippen LogP contribution in [-0.2, 0) is 38.1 Å². The van der Waals surface area contributed by atoms with E-state index in [-0.39, 0.29) is 78.9 Å². The van der Waals surface area contributed by atoms with E-state index in [2.05, 4.69) is 11.1 Å². The molecule has 0 aromatic carbocycles. The SMILES string of the molecule is CCCCCCCCCCCCOCCOCCOCCOS(=O)(=O)C(CC(=O)[O-])C(=O)[O-].[Na+].[Na+]. The van der Waals surface area contributed by atoms with Crippen LogP contribution in [0.1, 0.15) is 77.6 Å². The molecule has 0 spiro atoms. The van der Waals surface area contributed by atoms with Gasteiger partial charge in [0.25, 0.3) is 10.1 Å². The Morgan fingerprint density at radius 3 is 1.49 bits per heavy atom. The van der Waals surface area contributed by atoms with Crippen molar-refractivity contribution in [2.75, 3.05) is 46.2 Å². The molecule has 13 heteroatoms. The monoisotopic (exact) mass is 542 g/mol. The van der Waals surface area contributed by atoms with Gasteiger partial charge in [-0.05, 0) is 6.42 Å². The molecule has 0 heterocycles. The van der Waals surface area contributed by atoms with Gasteiger partial charge in [0.1, 0.15) is 5.25 Å². The van der Waals surface area contributed by atoms with Crippen LogP contribution in [0, 0.1) is 0 Å². The first-order chi connectivity index (χ1) is 15.8. The predicted molar refractivity (Wildman–Crippen MR) is 118 cm³/mol. The zero-order chi connectivity index (χ0) is 24.8. The fourth-order valence-electron chi connectivity index (χ4n) is 2.98. The first-order valence-corrected chi connectivity index (χ1v) is 13.3. The van der Waals surface area contributed by atoms with Crippen molar-refractivity contribution in [1.29, 1.82) is 0 Å². The van der Waals surface area contributed by atoms with Crippen molar-refractivity contribution in [1.82, 2.24) is 0 Å². The van der Waals surface area contributed by atoms with E-state index in [1.165, 1.54) is 57.8 Å². The Morgan fingerprint density at radius 2 is 1.06 bits per heavy atom. The van der Waals surface area contributed by atoms with Crippen LogP contribution in [0.2, 0.25) is 0 Å². The molecule has 0 aliphatic heterocycles. The molecule has 1 atom stereocenters. The van der Waals surface area contributed by atoms with E-state index in [4.69, 9.17) is 14.2 Å². The van der Waals surface area contributed by atoms with Crippen LogP contribution in [0.5, 0.6) is 0 Å². The van der Waals surface area contributed by atoms with E-state index in [0.717, 1.165) is 6.42 Å². The zero-order valence-corrected chi connectivity index (χ0v) is 26.6. The van der Waals surface area contributed by atoms with E-state index in [0.29, 0.717) is 19.8 Å². The molecule has 35 heavy (non-hydrogen) atoms. The average Bonchev–Trinajstić information content (AvgIpc) is 2.75. The molecule has 0 saturated heterocycles. The standard InChI is InChI=1S/C22H42O10S.2Na/c1-2-3-4-5-6-7-8-9-10-11-12-29-13-14-30-15-16-31-17-18-32-33(27,28)20(22(25)26)19-21(23)24;;/h20H,2-19H2,1H3,(H,23,24)(H,25,26);;/q;2*+1/p-2. The zero-order valence-electron chi connectivity index (χ0n) is 21.8. The second-order valence-corrected chi connectivity index (χ2v) is 9.51. The minimum absolute atomic E-state index is 0. The first kappa shape index (κ1) is 40.2. The predicted octanol–water partition coefficient (Wildman–Crippen LogP) is -5.43.